The fourth-order valence-corrected chi connectivity index (χ4v) is 3.94. The molecule has 2 aromatic rings. The van der Waals surface area contributed by atoms with Gasteiger partial charge >= 0.3 is 0 Å². The van der Waals surface area contributed by atoms with E-state index in [2.05, 4.69) is 10.6 Å². The molecule has 0 saturated carbocycles. The Bertz CT molecular complexity index is 854. The Hall–Kier alpha value is -2.70. The van der Waals surface area contributed by atoms with Crippen molar-refractivity contribution in [3.05, 3.63) is 58.7 Å². The van der Waals surface area contributed by atoms with Gasteiger partial charge in [-0.15, -0.1) is 0 Å². The summed E-state index contributed by atoms with van der Waals surface area (Å²) in [6.45, 7) is 4.13. The maximum Gasteiger partial charge on any atom is 0.198 e. The molecule has 1 heterocycles. The summed E-state index contributed by atoms with van der Waals surface area (Å²) in [7, 11) is 0. The molecule has 6 heteroatoms. The first-order valence-electron chi connectivity index (χ1n) is 10.8. The molecule has 2 aliphatic rings. The van der Waals surface area contributed by atoms with E-state index in [1.165, 1.54) is 0 Å². The Labute approximate surface area is 177 Å². The van der Waals surface area contributed by atoms with Crippen LogP contribution in [0.1, 0.15) is 57.5 Å². The zero-order valence-electron chi connectivity index (χ0n) is 17.2. The molecule has 0 radical (unpaired) electrons. The van der Waals surface area contributed by atoms with E-state index in [1.54, 1.807) is 12.1 Å². The first-order chi connectivity index (χ1) is 14.8. The highest BCUT2D eigenvalue weighted by Crippen LogP contribution is 2.35. The van der Waals surface area contributed by atoms with Crippen molar-refractivity contribution >= 4 is 22.9 Å². The SMILES string of the molecule is O=C1c2cccc3c2C(=O)c2c(cccc21)NCCCOCCCCOCCCN3. The summed E-state index contributed by atoms with van der Waals surface area (Å²) in [5.41, 5.74) is 3.27. The maximum atomic E-state index is 13.5. The summed E-state index contributed by atoms with van der Waals surface area (Å²) < 4.78 is 11.4. The first-order valence-corrected chi connectivity index (χ1v) is 10.8. The van der Waals surface area contributed by atoms with Crippen molar-refractivity contribution in [3.63, 3.8) is 0 Å². The lowest BCUT2D eigenvalue weighted by atomic mass is 9.82. The smallest absolute Gasteiger partial charge is 0.198 e. The van der Waals surface area contributed by atoms with Crippen LogP contribution in [-0.2, 0) is 9.47 Å². The molecule has 0 spiro atoms. The Morgan fingerprint density at radius 2 is 1.07 bits per heavy atom. The molecule has 1 aliphatic carbocycles. The number of hydrogen-bond donors (Lipinski definition) is 2. The van der Waals surface area contributed by atoms with Crippen LogP contribution in [0, 0.1) is 0 Å². The molecule has 1 aliphatic heterocycles. The molecule has 0 aromatic heterocycles. The zero-order valence-corrected chi connectivity index (χ0v) is 17.2. The molecular formula is C24H28N2O4. The molecule has 4 rings (SSSR count). The topological polar surface area (TPSA) is 76.7 Å². The van der Waals surface area contributed by atoms with E-state index in [-0.39, 0.29) is 11.6 Å². The monoisotopic (exact) mass is 408 g/mol. The predicted molar refractivity (Wildman–Crippen MR) is 117 cm³/mol. The van der Waals surface area contributed by atoms with Crippen LogP contribution in [0.5, 0.6) is 0 Å². The van der Waals surface area contributed by atoms with Crippen molar-refractivity contribution in [2.45, 2.75) is 25.7 Å². The van der Waals surface area contributed by atoms with E-state index in [1.807, 2.05) is 24.3 Å². The van der Waals surface area contributed by atoms with Crippen molar-refractivity contribution in [2.24, 2.45) is 0 Å². The number of carbonyl (C=O) groups is 2. The minimum absolute atomic E-state index is 0.107. The number of benzene rings is 2. The van der Waals surface area contributed by atoms with Crippen molar-refractivity contribution < 1.29 is 19.1 Å². The fraction of sp³-hybridized carbons (Fsp3) is 0.417. The van der Waals surface area contributed by atoms with Crippen LogP contribution in [0.25, 0.3) is 0 Å². The standard InChI is InChI=1S/C24H28N2O4/c27-23-17-7-3-9-19-21(17)24(28)22-18(23)8-4-10-20(22)26-12-6-16-30-14-2-1-13-29-15-5-11-25-19/h3-4,7-10,25-26H,1-2,5-6,11-16H2. The number of ether oxygens (including phenoxy) is 2. The molecule has 0 amide bonds. The second-order valence-electron chi connectivity index (χ2n) is 7.61. The lowest BCUT2D eigenvalue weighted by Gasteiger charge is -2.23. The number of hydrogen-bond acceptors (Lipinski definition) is 6. The Balaban J connectivity index is 1.64. The number of rotatable bonds is 0. The highest BCUT2D eigenvalue weighted by molar-refractivity contribution is 6.31. The van der Waals surface area contributed by atoms with Gasteiger partial charge in [-0.1, -0.05) is 24.3 Å². The van der Waals surface area contributed by atoms with Gasteiger partial charge in [0.1, 0.15) is 0 Å². The minimum Gasteiger partial charge on any atom is -0.384 e. The van der Waals surface area contributed by atoms with E-state index in [0.717, 1.165) is 38.9 Å². The fourth-order valence-electron chi connectivity index (χ4n) is 3.94. The molecule has 0 unspecified atom stereocenters. The van der Waals surface area contributed by atoms with Gasteiger partial charge in [0, 0.05) is 62.0 Å². The van der Waals surface area contributed by atoms with E-state index < -0.39 is 0 Å². The van der Waals surface area contributed by atoms with Crippen LogP contribution in [0.4, 0.5) is 11.4 Å². The summed E-state index contributed by atoms with van der Waals surface area (Å²) >= 11 is 0. The third-order valence-corrected chi connectivity index (χ3v) is 5.46. The number of carbonyl (C=O) groups excluding carboxylic acids is 2. The first kappa shape index (κ1) is 20.6. The van der Waals surface area contributed by atoms with Crippen LogP contribution >= 0.6 is 0 Å². The summed E-state index contributed by atoms with van der Waals surface area (Å²) in [4.78, 5) is 26.6. The van der Waals surface area contributed by atoms with Crippen molar-refractivity contribution in [1.29, 1.82) is 0 Å². The van der Waals surface area contributed by atoms with Gasteiger partial charge in [0.2, 0.25) is 0 Å². The molecule has 2 aromatic carbocycles. The van der Waals surface area contributed by atoms with Gasteiger partial charge in [-0.05, 0) is 37.8 Å². The van der Waals surface area contributed by atoms with Crippen LogP contribution in [0.3, 0.4) is 0 Å². The molecule has 0 atom stereocenters. The van der Waals surface area contributed by atoms with Gasteiger partial charge < -0.3 is 20.1 Å². The second kappa shape index (κ2) is 9.87. The maximum absolute atomic E-state index is 13.5. The van der Waals surface area contributed by atoms with Gasteiger partial charge in [-0.3, -0.25) is 9.59 Å². The van der Waals surface area contributed by atoms with Crippen molar-refractivity contribution in [1.82, 2.24) is 0 Å². The Morgan fingerprint density at radius 3 is 1.57 bits per heavy atom. The third kappa shape index (κ3) is 4.40. The van der Waals surface area contributed by atoms with Crippen LogP contribution < -0.4 is 10.6 Å². The molecule has 2 bridgehead atoms. The van der Waals surface area contributed by atoms with E-state index in [4.69, 9.17) is 9.47 Å². The van der Waals surface area contributed by atoms with Crippen LogP contribution in [0.2, 0.25) is 0 Å². The van der Waals surface area contributed by atoms with Crippen LogP contribution in [0.15, 0.2) is 36.4 Å². The largest absolute Gasteiger partial charge is 0.384 e. The summed E-state index contributed by atoms with van der Waals surface area (Å²) in [5.74, 6) is -0.222. The summed E-state index contributed by atoms with van der Waals surface area (Å²) in [5, 5.41) is 6.67. The molecular weight excluding hydrogens is 380 g/mol. The molecule has 2 N–H and O–H groups in total. The lowest BCUT2D eigenvalue weighted by molar-refractivity contribution is 0.0980. The van der Waals surface area contributed by atoms with Crippen molar-refractivity contribution in [3.8, 4) is 0 Å². The van der Waals surface area contributed by atoms with E-state index in [0.29, 0.717) is 59.9 Å². The van der Waals surface area contributed by atoms with Crippen LogP contribution in [-0.4, -0.2) is 51.1 Å². The lowest BCUT2D eigenvalue weighted by Crippen LogP contribution is -2.24. The zero-order chi connectivity index (χ0) is 20.8. The normalized spacial score (nSPS) is 18.4. The Morgan fingerprint density at radius 1 is 0.600 bits per heavy atom. The molecule has 6 nitrogen and oxygen atoms in total. The van der Waals surface area contributed by atoms with Gasteiger partial charge in [-0.2, -0.15) is 0 Å². The number of nitrogens with one attached hydrogen (secondary N) is 2. The number of ketones is 2. The van der Waals surface area contributed by atoms with Gasteiger partial charge in [0.15, 0.2) is 11.6 Å². The highest BCUT2D eigenvalue weighted by Gasteiger charge is 2.33. The summed E-state index contributed by atoms with van der Waals surface area (Å²) in [6, 6.07) is 10.9. The van der Waals surface area contributed by atoms with E-state index >= 15 is 0 Å². The van der Waals surface area contributed by atoms with Crippen molar-refractivity contribution in [2.75, 3.05) is 50.2 Å². The highest BCUT2D eigenvalue weighted by atomic mass is 16.5. The molecule has 30 heavy (non-hydrogen) atoms. The quantitative estimate of drug-likeness (QED) is 0.588. The molecule has 0 saturated heterocycles. The van der Waals surface area contributed by atoms with Gasteiger partial charge in [0.05, 0.1) is 11.1 Å². The molecule has 158 valence electrons. The Kier molecular flexibility index (Phi) is 6.77. The van der Waals surface area contributed by atoms with E-state index in [9.17, 15) is 9.59 Å². The average molecular weight is 408 g/mol. The average Bonchev–Trinajstić information content (AvgIpc) is 2.76. The summed E-state index contributed by atoms with van der Waals surface area (Å²) in [6.07, 6.45) is 3.63. The second-order valence-corrected chi connectivity index (χ2v) is 7.61. The van der Waals surface area contributed by atoms with Gasteiger partial charge in [0.25, 0.3) is 0 Å². The van der Waals surface area contributed by atoms with Gasteiger partial charge in [-0.25, -0.2) is 0 Å². The third-order valence-electron chi connectivity index (χ3n) is 5.46. The molecule has 0 fully saturated rings. The predicted octanol–water partition coefficient (Wildman–Crippen LogP) is 3.89. The number of anilines is 2. The minimum atomic E-state index is -0.115.